The maximum Gasteiger partial charge on any atom is 0.407 e. The Kier molecular flexibility index (Phi) is 8.50. The maximum absolute atomic E-state index is 12.0. The zero-order valence-electron chi connectivity index (χ0n) is 18.0. The van der Waals surface area contributed by atoms with Gasteiger partial charge in [-0.3, -0.25) is 4.99 Å². The number of likely N-dealkylation sites (tertiary alicyclic amines) is 1. The van der Waals surface area contributed by atoms with Gasteiger partial charge in [-0.05, 0) is 33.3 Å². The summed E-state index contributed by atoms with van der Waals surface area (Å²) in [5, 5.41) is 6.28. The van der Waals surface area contributed by atoms with E-state index in [1.165, 1.54) is 0 Å². The van der Waals surface area contributed by atoms with Crippen molar-refractivity contribution in [2.75, 3.05) is 40.5 Å². The van der Waals surface area contributed by atoms with Gasteiger partial charge < -0.3 is 29.7 Å². The Morgan fingerprint density at radius 2 is 2.17 bits per heavy atom. The lowest BCUT2D eigenvalue weighted by atomic mass is 10.2. The first kappa shape index (κ1) is 22.7. The molecule has 9 nitrogen and oxygen atoms in total. The molecule has 1 aliphatic heterocycles. The molecule has 2 N–H and O–H groups in total. The van der Waals surface area contributed by atoms with E-state index in [1.807, 2.05) is 32.9 Å². The van der Waals surface area contributed by atoms with Crippen molar-refractivity contribution in [2.45, 2.75) is 45.4 Å². The van der Waals surface area contributed by atoms with E-state index < -0.39 is 5.60 Å². The number of methoxy groups -OCH3 is 1. The van der Waals surface area contributed by atoms with Crippen molar-refractivity contribution in [3.8, 4) is 5.88 Å². The number of carbonyl (C=O) groups excluding carboxylic acids is 1. The van der Waals surface area contributed by atoms with Crippen LogP contribution in [0.1, 0.15) is 32.8 Å². The van der Waals surface area contributed by atoms with E-state index >= 15 is 0 Å². The molecule has 1 atom stereocenters. The molecular weight excluding hydrogens is 374 g/mol. The van der Waals surface area contributed by atoms with Crippen molar-refractivity contribution in [3.63, 3.8) is 0 Å². The number of hydrogen-bond acceptors (Lipinski definition) is 6. The molecule has 2 heterocycles. The summed E-state index contributed by atoms with van der Waals surface area (Å²) < 4.78 is 16.0. The first-order valence-electron chi connectivity index (χ1n) is 9.83. The summed E-state index contributed by atoms with van der Waals surface area (Å²) in [7, 11) is 3.38. The lowest BCUT2D eigenvalue weighted by molar-refractivity contribution is 0.0507. The molecule has 1 aromatic rings. The number of nitrogens with one attached hydrogen (secondary N) is 2. The fourth-order valence-electron chi connectivity index (χ4n) is 2.96. The summed E-state index contributed by atoms with van der Waals surface area (Å²) in [6.07, 6.45) is 2.15. The van der Waals surface area contributed by atoms with Crippen LogP contribution in [0.15, 0.2) is 23.3 Å². The van der Waals surface area contributed by atoms with Crippen LogP contribution < -0.4 is 15.4 Å². The van der Waals surface area contributed by atoms with Crippen LogP contribution in [0.25, 0.3) is 0 Å². The Bertz CT molecular complexity index is 690. The minimum Gasteiger partial charge on any atom is -0.475 e. The first-order chi connectivity index (χ1) is 13.8. The monoisotopic (exact) mass is 407 g/mol. The molecule has 0 radical (unpaired) electrons. The van der Waals surface area contributed by atoms with Gasteiger partial charge in [-0.25, -0.2) is 9.78 Å². The molecule has 0 spiro atoms. The predicted molar refractivity (Wildman–Crippen MR) is 111 cm³/mol. The Morgan fingerprint density at radius 3 is 2.86 bits per heavy atom. The molecule has 9 heteroatoms. The van der Waals surface area contributed by atoms with E-state index in [1.54, 1.807) is 20.4 Å². The van der Waals surface area contributed by atoms with Gasteiger partial charge in [0, 0.05) is 45.6 Å². The Morgan fingerprint density at radius 1 is 1.38 bits per heavy atom. The van der Waals surface area contributed by atoms with Gasteiger partial charge in [-0.1, -0.05) is 6.07 Å². The molecule has 29 heavy (non-hydrogen) atoms. The molecule has 0 saturated carbocycles. The van der Waals surface area contributed by atoms with Crippen LogP contribution in [-0.2, 0) is 16.0 Å². The molecule has 162 valence electrons. The first-order valence-corrected chi connectivity index (χ1v) is 9.83. The normalized spacial score (nSPS) is 17.2. The number of hydrogen-bond donors (Lipinski definition) is 2. The van der Waals surface area contributed by atoms with Crippen molar-refractivity contribution in [2.24, 2.45) is 4.99 Å². The van der Waals surface area contributed by atoms with Crippen molar-refractivity contribution in [1.82, 2.24) is 20.5 Å². The third kappa shape index (κ3) is 7.77. The van der Waals surface area contributed by atoms with Gasteiger partial charge in [-0.15, -0.1) is 0 Å². The summed E-state index contributed by atoms with van der Waals surface area (Å²) in [4.78, 5) is 22.8. The van der Waals surface area contributed by atoms with Gasteiger partial charge in [-0.2, -0.15) is 0 Å². The molecule has 0 bridgehead atoms. The molecule has 1 fully saturated rings. The molecule has 2 rings (SSSR count). The number of alkyl carbamates (subject to hydrolysis) is 1. The molecule has 1 aromatic heterocycles. The molecule has 1 amide bonds. The number of carbonyl (C=O) groups is 1. The van der Waals surface area contributed by atoms with Gasteiger partial charge in [0.2, 0.25) is 5.88 Å². The number of rotatable bonds is 7. The number of amides is 1. The second kappa shape index (κ2) is 10.8. The Labute approximate surface area is 172 Å². The van der Waals surface area contributed by atoms with Gasteiger partial charge in [0.15, 0.2) is 5.96 Å². The third-order valence-corrected chi connectivity index (χ3v) is 4.23. The van der Waals surface area contributed by atoms with Crippen molar-refractivity contribution < 1.29 is 19.0 Å². The van der Waals surface area contributed by atoms with Crippen LogP contribution in [0.3, 0.4) is 0 Å². The predicted octanol–water partition coefficient (Wildman–Crippen LogP) is 1.78. The van der Waals surface area contributed by atoms with E-state index in [2.05, 4.69) is 25.5 Å². The zero-order chi connectivity index (χ0) is 21.3. The quantitative estimate of drug-likeness (QED) is 0.404. The van der Waals surface area contributed by atoms with Crippen LogP contribution in [-0.4, -0.2) is 74.0 Å². The van der Waals surface area contributed by atoms with Crippen LogP contribution in [0.4, 0.5) is 4.79 Å². The van der Waals surface area contributed by atoms with Crippen LogP contribution >= 0.6 is 0 Å². The van der Waals surface area contributed by atoms with E-state index in [0.717, 1.165) is 24.5 Å². The molecule has 0 aliphatic carbocycles. The highest BCUT2D eigenvalue weighted by Gasteiger charge is 2.27. The molecule has 1 unspecified atom stereocenters. The fourth-order valence-corrected chi connectivity index (χ4v) is 2.96. The molecule has 0 aromatic carbocycles. The van der Waals surface area contributed by atoms with Crippen LogP contribution in [0, 0.1) is 0 Å². The minimum atomic E-state index is -0.507. The topological polar surface area (TPSA) is 97.3 Å². The summed E-state index contributed by atoms with van der Waals surface area (Å²) in [5.41, 5.74) is 0.430. The lowest BCUT2D eigenvalue weighted by Gasteiger charge is -2.23. The smallest absolute Gasteiger partial charge is 0.407 e. The van der Waals surface area contributed by atoms with Gasteiger partial charge >= 0.3 is 6.09 Å². The van der Waals surface area contributed by atoms with E-state index in [0.29, 0.717) is 32.2 Å². The third-order valence-electron chi connectivity index (χ3n) is 4.23. The number of aliphatic imine (C=N–C) groups is 1. The Hall–Kier alpha value is -2.55. The largest absolute Gasteiger partial charge is 0.475 e. The average molecular weight is 408 g/mol. The lowest BCUT2D eigenvalue weighted by Crippen LogP contribution is -2.44. The van der Waals surface area contributed by atoms with Crippen molar-refractivity contribution in [1.29, 1.82) is 0 Å². The fraction of sp³-hybridized carbons (Fsp3) is 0.650. The second-order valence-corrected chi connectivity index (χ2v) is 7.79. The number of aromatic nitrogens is 1. The highest BCUT2D eigenvalue weighted by Crippen LogP contribution is 2.15. The highest BCUT2D eigenvalue weighted by molar-refractivity contribution is 5.80. The van der Waals surface area contributed by atoms with Crippen LogP contribution in [0.2, 0.25) is 0 Å². The number of nitrogens with zero attached hydrogens (tertiary/aromatic N) is 3. The standard InChI is InChI=1S/C20H33N5O4/c1-20(2,3)29-19(26)24-16-8-10-25(14-16)18(21-4)23-13-15-7-6-9-22-17(15)28-12-11-27-5/h6-7,9,16H,8,10-14H2,1-5H3,(H,21,23)(H,24,26). The summed E-state index contributed by atoms with van der Waals surface area (Å²) in [6.45, 7) is 8.50. The molecular formula is C20H33N5O4. The molecule has 1 aliphatic rings. The minimum absolute atomic E-state index is 0.0229. The highest BCUT2D eigenvalue weighted by atomic mass is 16.6. The number of guanidine groups is 1. The van der Waals surface area contributed by atoms with E-state index in [-0.39, 0.29) is 12.1 Å². The van der Waals surface area contributed by atoms with E-state index in [9.17, 15) is 4.79 Å². The zero-order valence-corrected chi connectivity index (χ0v) is 18.0. The summed E-state index contributed by atoms with van der Waals surface area (Å²) in [5.74, 6) is 1.35. The average Bonchev–Trinajstić information content (AvgIpc) is 3.10. The summed E-state index contributed by atoms with van der Waals surface area (Å²) in [6, 6.07) is 3.86. The Balaban J connectivity index is 1.86. The second-order valence-electron chi connectivity index (χ2n) is 7.79. The van der Waals surface area contributed by atoms with Crippen molar-refractivity contribution >= 4 is 12.1 Å². The van der Waals surface area contributed by atoms with Crippen molar-refractivity contribution in [3.05, 3.63) is 23.9 Å². The van der Waals surface area contributed by atoms with E-state index in [4.69, 9.17) is 14.2 Å². The molecule has 1 saturated heterocycles. The SMILES string of the molecule is CN=C(NCc1cccnc1OCCOC)N1CCC(NC(=O)OC(C)(C)C)C1. The number of pyridine rings is 1. The van der Waals surface area contributed by atoms with Gasteiger partial charge in [0.05, 0.1) is 12.6 Å². The number of ether oxygens (including phenoxy) is 3. The summed E-state index contributed by atoms with van der Waals surface area (Å²) >= 11 is 0. The van der Waals surface area contributed by atoms with Gasteiger partial charge in [0.25, 0.3) is 0 Å². The maximum atomic E-state index is 12.0. The van der Waals surface area contributed by atoms with Gasteiger partial charge in [0.1, 0.15) is 12.2 Å². The van der Waals surface area contributed by atoms with Crippen LogP contribution in [0.5, 0.6) is 5.88 Å².